The SMILES string of the molecule is C=CCOC(=O)OC1=C(C)CCCC1(C)C.CC1(C)CCC[C@]2(C)CC(=O)C=C12.COc1cc2oc3c(c2cc1C)[C@@]1(C)CCCC(C)(C)[C@@H]1CC[C@H]3C.COc1ccc([C@@H]2C(=O)[C@H]3C=C[C@]34C(C)(C)CCC[C@]24C)cc1C.C[C@@H]1CC[C@H]2C(C)(C)CCC[C@]2(C)c2c1oc1c(C=O)c(O)c(O)cc21.Cc1cc(Br)c([C@@H]2C(=O)C=CC=C3C(C)(C)CCC[C@@]32C)cc1C. The molecule has 14 heteroatoms. The first-order valence-corrected chi connectivity index (χ1v) is 49.2. The molecular weight excluding hydrogens is 1660 g/mol. The number of phenols is 2. The van der Waals surface area contributed by atoms with Gasteiger partial charge in [-0.1, -0.05) is 246 Å². The topological polar surface area (TPSA) is 189 Å². The molecule has 12 aliphatic carbocycles. The third-order valence-electron chi connectivity index (χ3n) is 35.1. The quantitative estimate of drug-likeness (QED) is 0.0634. The molecule has 0 unspecified atom stereocenters. The molecule has 18 rings (SSSR count). The Hall–Kier alpha value is -7.97. The van der Waals surface area contributed by atoms with Gasteiger partial charge in [0.1, 0.15) is 57.9 Å². The Bertz CT molecular complexity index is 5480. The highest BCUT2D eigenvalue weighted by molar-refractivity contribution is 9.10. The standard InChI is InChI=1S/C23H32O2.C22H27BrO.C22H28O4.C22H28O2.C13H20O3.C12H18O/c1-14-8-9-19-22(3,4)10-7-11-23(19,5)20-16-12-15(2)17(24-6)13-18(16)25-21(14)20;1-14-12-16(17(23)13-15(14)2)20-18(24)8-6-9-19-21(3,4)10-7-11-22(19,20)5;1-12-6-7-16-21(2,3)8-5-9-22(16,4)17-13-10-15(24)18(25)14(11-23)20(13)26-19(12)17;1-14-13-15(7-8-17(14)24-5)18-19(23)16-9-12-22(16)20(2,3)10-6-11-21(18,22)4;1-5-9-15-12(14)16-11-10(2)7-6-8-13(11,3)4;1-11(2)5-4-6-12(3)8-9(13)7-10(11)12/h12-14,19H,7-11H2,1-6H3;6,8-9,12-13,20H,7,10-11H2,1-5H3;10-12,16,24-25H,5-9H2,1-4H3;7-9,12-13,16,18H,6,10-11H2,1-5H3;5H,1,6-9H2,2-4H3;7H,4-6,8H2,1-3H3/t14-,19+,23+;20-,22+;12-,16+,22+;16-,18-,21-,22-;;12-/m1111.1/s1. The van der Waals surface area contributed by atoms with Crippen molar-refractivity contribution in [2.24, 2.45) is 71.9 Å². The van der Waals surface area contributed by atoms with Crippen LogP contribution in [0.2, 0.25) is 0 Å². The first-order chi connectivity index (χ1) is 59.8. The number of carbonyl (C=O) groups is 5. The Morgan fingerprint density at radius 3 is 1.73 bits per heavy atom. The van der Waals surface area contributed by atoms with Crippen molar-refractivity contribution >= 4 is 67.7 Å². The van der Waals surface area contributed by atoms with E-state index < -0.39 is 11.9 Å². The van der Waals surface area contributed by atoms with E-state index in [2.05, 4.69) is 236 Å². The van der Waals surface area contributed by atoms with Gasteiger partial charge in [0, 0.05) is 78.8 Å². The molecular formula is C114H153BrO13. The van der Waals surface area contributed by atoms with Crippen LogP contribution in [-0.4, -0.2) is 60.8 Å². The summed E-state index contributed by atoms with van der Waals surface area (Å²) in [6, 6.07) is 16.7. The van der Waals surface area contributed by atoms with Crippen LogP contribution >= 0.6 is 15.9 Å². The van der Waals surface area contributed by atoms with E-state index in [0.717, 1.165) is 131 Å². The molecule has 0 amide bonds. The number of halogens is 1. The summed E-state index contributed by atoms with van der Waals surface area (Å²) in [5.74, 6) is 7.08. The fourth-order valence-corrected chi connectivity index (χ4v) is 29.3. The first-order valence-electron chi connectivity index (χ1n) is 48.4. The summed E-state index contributed by atoms with van der Waals surface area (Å²) in [4.78, 5) is 60.9. The zero-order chi connectivity index (χ0) is 93.7. The lowest BCUT2D eigenvalue weighted by atomic mass is 9.41. The molecule has 0 bridgehead atoms. The van der Waals surface area contributed by atoms with Gasteiger partial charge in [0.25, 0.3) is 0 Å². The van der Waals surface area contributed by atoms with E-state index in [1.807, 2.05) is 25.1 Å². The molecule has 0 saturated heterocycles. The largest absolute Gasteiger partial charge is 0.513 e. The number of hydrogen-bond donors (Lipinski definition) is 2. The highest BCUT2D eigenvalue weighted by Crippen LogP contribution is 2.77. The number of aldehydes is 1. The summed E-state index contributed by atoms with van der Waals surface area (Å²) in [5.41, 5.74) is 16.7. The molecule has 6 fully saturated rings. The summed E-state index contributed by atoms with van der Waals surface area (Å²) >= 11 is 3.74. The Balaban J connectivity index is 0.000000133. The summed E-state index contributed by atoms with van der Waals surface area (Å²) in [6.45, 7) is 58.3. The van der Waals surface area contributed by atoms with Gasteiger partial charge in [-0.25, -0.2) is 4.79 Å². The van der Waals surface area contributed by atoms with E-state index in [1.165, 1.54) is 140 Å². The van der Waals surface area contributed by atoms with E-state index in [9.17, 15) is 34.2 Å². The van der Waals surface area contributed by atoms with Crippen LogP contribution in [-0.2, 0) is 34.7 Å². The van der Waals surface area contributed by atoms with Crippen molar-refractivity contribution in [1.82, 2.24) is 0 Å². The number of aromatic hydroxyl groups is 2. The van der Waals surface area contributed by atoms with Gasteiger partial charge in [0.15, 0.2) is 29.4 Å². The van der Waals surface area contributed by atoms with Crippen molar-refractivity contribution in [3.8, 4) is 23.0 Å². The van der Waals surface area contributed by atoms with Gasteiger partial charge in [-0.2, -0.15) is 0 Å². The van der Waals surface area contributed by atoms with E-state index in [0.29, 0.717) is 40.7 Å². The number of carbonyl (C=O) groups excluding carboxylic acids is 5. The number of ether oxygens (including phenoxy) is 4. The van der Waals surface area contributed by atoms with Crippen LogP contribution in [0.15, 0.2) is 133 Å². The number of furan rings is 2. The molecule has 128 heavy (non-hydrogen) atoms. The zero-order valence-electron chi connectivity index (χ0n) is 82.7. The van der Waals surface area contributed by atoms with Crippen molar-refractivity contribution in [2.45, 2.75) is 348 Å². The monoisotopic (exact) mass is 1810 g/mol. The van der Waals surface area contributed by atoms with Crippen LogP contribution in [0.1, 0.15) is 376 Å². The lowest BCUT2D eigenvalue weighted by Crippen LogP contribution is -2.56. The van der Waals surface area contributed by atoms with Gasteiger partial charge in [-0.15, -0.1) is 0 Å². The van der Waals surface area contributed by atoms with Crippen LogP contribution < -0.4 is 9.47 Å². The van der Waals surface area contributed by atoms with Gasteiger partial charge in [0.05, 0.1) is 20.1 Å². The van der Waals surface area contributed by atoms with Crippen LogP contribution in [0.3, 0.4) is 0 Å². The van der Waals surface area contributed by atoms with Crippen molar-refractivity contribution in [1.29, 1.82) is 0 Å². The number of rotatable bonds is 8. The molecule has 694 valence electrons. The van der Waals surface area contributed by atoms with Crippen LogP contribution in [0.25, 0.3) is 21.9 Å². The van der Waals surface area contributed by atoms with E-state index >= 15 is 0 Å². The maximum atomic E-state index is 13.4. The smallest absolute Gasteiger partial charge is 0.504 e. The minimum Gasteiger partial charge on any atom is -0.504 e. The van der Waals surface area contributed by atoms with Crippen molar-refractivity contribution in [2.75, 3.05) is 20.8 Å². The number of methoxy groups -OCH3 is 2. The van der Waals surface area contributed by atoms with Crippen LogP contribution in [0, 0.1) is 99.6 Å². The minimum absolute atomic E-state index is 0.00156. The average molecular weight is 1810 g/mol. The number of allylic oxidation sites excluding steroid dienone is 10. The lowest BCUT2D eigenvalue weighted by molar-refractivity contribution is -0.124. The van der Waals surface area contributed by atoms with E-state index in [1.54, 1.807) is 26.4 Å². The number of hydrogen-bond acceptors (Lipinski definition) is 13. The second-order valence-corrected chi connectivity index (χ2v) is 47.2. The highest BCUT2D eigenvalue weighted by Gasteiger charge is 2.74. The molecule has 2 aromatic heterocycles. The Kier molecular flexibility index (Phi) is 27.3. The molecule has 0 aliphatic heterocycles. The molecule has 6 saturated carbocycles. The number of benzene rings is 4. The lowest BCUT2D eigenvalue weighted by Gasteiger charge is -2.62. The molecule has 13 nitrogen and oxygen atoms in total. The van der Waals surface area contributed by atoms with E-state index in [-0.39, 0.29) is 107 Å². The third kappa shape index (κ3) is 17.1. The highest BCUT2D eigenvalue weighted by atomic mass is 79.9. The van der Waals surface area contributed by atoms with Gasteiger partial charge in [-0.3, -0.25) is 19.2 Å². The Morgan fingerprint density at radius 2 is 1.16 bits per heavy atom. The molecule has 1 spiro atoms. The molecule has 2 N–H and O–H groups in total. The summed E-state index contributed by atoms with van der Waals surface area (Å²) in [7, 11) is 3.44. The molecule has 2 heterocycles. The molecule has 12 aliphatic rings. The van der Waals surface area contributed by atoms with Crippen molar-refractivity contribution in [3.05, 3.63) is 186 Å². The number of phenolic OH excluding ortho intramolecular Hbond substituents is 2. The number of Topliss-reactive ketones (excluding diaryl/α,β-unsaturated/α-hetero) is 1. The fourth-order valence-electron chi connectivity index (χ4n) is 28.6. The predicted octanol–water partition coefficient (Wildman–Crippen LogP) is 30.8. The van der Waals surface area contributed by atoms with Crippen molar-refractivity contribution < 1.29 is 62.0 Å². The minimum atomic E-state index is -0.635. The second-order valence-electron chi connectivity index (χ2n) is 46.3. The van der Waals surface area contributed by atoms with Gasteiger partial charge < -0.3 is 38.0 Å². The molecule has 4 aromatic carbocycles. The predicted molar refractivity (Wildman–Crippen MR) is 522 cm³/mol. The number of aryl methyl sites for hydroxylation is 4. The third-order valence-corrected chi connectivity index (χ3v) is 35.7. The van der Waals surface area contributed by atoms with Gasteiger partial charge in [-0.05, 0) is 280 Å². The zero-order valence-corrected chi connectivity index (χ0v) is 84.3. The van der Waals surface area contributed by atoms with E-state index in [4.69, 9.17) is 27.8 Å². The Labute approximate surface area is 774 Å². The maximum absolute atomic E-state index is 13.4. The van der Waals surface area contributed by atoms with Crippen molar-refractivity contribution in [3.63, 3.8) is 0 Å². The number of fused-ring (bicyclic) bond motifs is 12. The summed E-state index contributed by atoms with van der Waals surface area (Å²) in [5, 5.41) is 22.4. The molecule has 13 atom stereocenters. The summed E-state index contributed by atoms with van der Waals surface area (Å²) in [6.07, 6.45) is 40.7. The van der Waals surface area contributed by atoms with Gasteiger partial charge in [0.2, 0.25) is 0 Å². The normalized spacial score (nSPS) is 31.2. The number of ketones is 3. The Morgan fingerprint density at radius 1 is 0.594 bits per heavy atom. The maximum Gasteiger partial charge on any atom is 0.513 e. The average Bonchev–Trinajstić information content (AvgIpc) is 1.48. The molecule has 0 radical (unpaired) electrons. The second kappa shape index (κ2) is 35.9. The molecule has 6 aromatic rings. The fraction of sp³-hybridized carbons (Fsp3) is 0.605. The first kappa shape index (κ1) is 97.6. The van der Waals surface area contributed by atoms with Crippen LogP contribution in [0.5, 0.6) is 23.0 Å². The van der Waals surface area contributed by atoms with Crippen LogP contribution in [0.4, 0.5) is 4.79 Å². The summed E-state index contributed by atoms with van der Waals surface area (Å²) < 4.78 is 34.8. The van der Waals surface area contributed by atoms with Gasteiger partial charge >= 0.3 is 6.16 Å².